The molecule has 2 aliphatic heterocycles. The number of carbonyl (C=O) groups is 2. The normalized spacial score (nSPS) is 15.5. The van der Waals surface area contributed by atoms with Crippen LogP contribution in [0.3, 0.4) is 0 Å². The molecule has 0 spiro atoms. The molecular formula is C16H13N3O7. The molecule has 2 amide bonds. The van der Waals surface area contributed by atoms with Gasteiger partial charge in [-0.2, -0.15) is 0 Å². The van der Waals surface area contributed by atoms with Gasteiger partial charge in [0.25, 0.3) is 5.91 Å². The van der Waals surface area contributed by atoms with E-state index in [1.54, 1.807) is 18.2 Å². The summed E-state index contributed by atoms with van der Waals surface area (Å²) in [6, 6.07) is 7.45. The third-order valence-corrected chi connectivity index (χ3v) is 4.16. The van der Waals surface area contributed by atoms with Crippen LogP contribution in [0.25, 0.3) is 0 Å². The van der Waals surface area contributed by atoms with Crippen molar-refractivity contribution in [2.24, 2.45) is 5.92 Å². The molecule has 3 heterocycles. The van der Waals surface area contributed by atoms with Crippen LogP contribution < -0.4 is 14.8 Å². The molecule has 1 N–H and O–H groups in total. The van der Waals surface area contributed by atoms with Crippen molar-refractivity contribution in [2.75, 3.05) is 25.2 Å². The molecule has 10 nitrogen and oxygen atoms in total. The number of nitrogens with one attached hydrogen (secondary N) is 1. The number of rotatable bonds is 4. The smallest absolute Gasteiger partial charge is 0.433 e. The van der Waals surface area contributed by atoms with Gasteiger partial charge >= 0.3 is 5.88 Å². The molecule has 1 aromatic carbocycles. The van der Waals surface area contributed by atoms with Crippen molar-refractivity contribution in [2.45, 2.75) is 0 Å². The Kier molecular flexibility index (Phi) is 3.72. The lowest BCUT2D eigenvalue weighted by Gasteiger charge is -2.37. The van der Waals surface area contributed by atoms with Gasteiger partial charge in [-0.05, 0) is 18.2 Å². The Balaban J connectivity index is 1.33. The molecule has 1 saturated heterocycles. The Morgan fingerprint density at radius 3 is 2.65 bits per heavy atom. The largest absolute Gasteiger partial charge is 0.454 e. The maximum Gasteiger partial charge on any atom is 0.433 e. The van der Waals surface area contributed by atoms with Gasteiger partial charge < -0.3 is 24.1 Å². The van der Waals surface area contributed by atoms with Crippen molar-refractivity contribution in [3.63, 3.8) is 0 Å². The summed E-state index contributed by atoms with van der Waals surface area (Å²) in [5.41, 5.74) is 0.575. The van der Waals surface area contributed by atoms with Crippen molar-refractivity contribution in [1.29, 1.82) is 0 Å². The average Bonchev–Trinajstić information content (AvgIpc) is 3.22. The molecule has 0 atom stereocenters. The van der Waals surface area contributed by atoms with E-state index in [1.807, 2.05) is 0 Å². The zero-order valence-corrected chi connectivity index (χ0v) is 13.3. The number of nitro groups is 1. The van der Waals surface area contributed by atoms with Crippen LogP contribution in [0.4, 0.5) is 11.6 Å². The molecule has 134 valence electrons. The monoisotopic (exact) mass is 359 g/mol. The first kappa shape index (κ1) is 15.9. The van der Waals surface area contributed by atoms with Crippen LogP contribution in [-0.2, 0) is 4.79 Å². The number of amides is 2. The molecule has 0 bridgehead atoms. The van der Waals surface area contributed by atoms with Gasteiger partial charge in [-0.1, -0.05) is 0 Å². The lowest BCUT2D eigenvalue weighted by Crippen LogP contribution is -2.54. The predicted octanol–water partition coefficient (Wildman–Crippen LogP) is 1.63. The number of furan rings is 1. The lowest BCUT2D eigenvalue weighted by atomic mass is 9.98. The number of nitrogens with zero attached hydrogens (tertiary/aromatic N) is 2. The quantitative estimate of drug-likeness (QED) is 0.650. The Hall–Kier alpha value is -3.56. The minimum absolute atomic E-state index is 0.119. The van der Waals surface area contributed by atoms with E-state index in [-0.39, 0.29) is 37.5 Å². The fourth-order valence-electron chi connectivity index (χ4n) is 2.73. The zero-order chi connectivity index (χ0) is 18.3. The minimum atomic E-state index is -0.714. The molecule has 4 rings (SSSR count). The molecule has 2 aliphatic rings. The molecular weight excluding hydrogens is 346 g/mol. The average molecular weight is 359 g/mol. The van der Waals surface area contributed by atoms with E-state index in [1.165, 1.54) is 11.0 Å². The third kappa shape index (κ3) is 2.81. The fraction of sp³-hybridized carbons (Fsp3) is 0.250. The van der Waals surface area contributed by atoms with Gasteiger partial charge in [0.2, 0.25) is 12.7 Å². The topological polar surface area (TPSA) is 124 Å². The van der Waals surface area contributed by atoms with Crippen LogP contribution in [0.15, 0.2) is 34.7 Å². The van der Waals surface area contributed by atoms with Gasteiger partial charge in [0.15, 0.2) is 17.3 Å². The number of hydrogen-bond donors (Lipinski definition) is 1. The third-order valence-electron chi connectivity index (χ3n) is 4.16. The summed E-state index contributed by atoms with van der Waals surface area (Å²) in [6.45, 7) is 0.574. The van der Waals surface area contributed by atoms with E-state index in [9.17, 15) is 19.7 Å². The van der Waals surface area contributed by atoms with Crippen molar-refractivity contribution in [3.05, 3.63) is 46.2 Å². The number of fused-ring (bicyclic) bond motifs is 1. The molecule has 26 heavy (non-hydrogen) atoms. The highest BCUT2D eigenvalue weighted by atomic mass is 16.7. The summed E-state index contributed by atoms with van der Waals surface area (Å²) in [4.78, 5) is 35.7. The fourth-order valence-corrected chi connectivity index (χ4v) is 2.73. The first-order valence-corrected chi connectivity index (χ1v) is 7.75. The van der Waals surface area contributed by atoms with Crippen molar-refractivity contribution in [3.8, 4) is 11.5 Å². The summed E-state index contributed by atoms with van der Waals surface area (Å²) >= 11 is 0. The first-order valence-electron chi connectivity index (χ1n) is 7.75. The number of likely N-dealkylation sites (tertiary alicyclic amines) is 1. The van der Waals surface area contributed by atoms with Gasteiger partial charge in [-0.3, -0.25) is 19.7 Å². The van der Waals surface area contributed by atoms with E-state index in [2.05, 4.69) is 5.32 Å². The van der Waals surface area contributed by atoms with Crippen molar-refractivity contribution < 1.29 is 28.4 Å². The van der Waals surface area contributed by atoms with Gasteiger partial charge in [-0.25, -0.2) is 0 Å². The van der Waals surface area contributed by atoms with Crippen LogP contribution in [0.5, 0.6) is 11.5 Å². The Morgan fingerprint density at radius 2 is 1.92 bits per heavy atom. The van der Waals surface area contributed by atoms with Crippen LogP contribution in [0.2, 0.25) is 0 Å². The number of hydrogen-bond acceptors (Lipinski definition) is 7. The second-order valence-electron chi connectivity index (χ2n) is 5.86. The molecule has 0 saturated carbocycles. The summed E-state index contributed by atoms with van der Waals surface area (Å²) < 4.78 is 15.3. The molecule has 0 radical (unpaired) electrons. The van der Waals surface area contributed by atoms with Crippen molar-refractivity contribution in [1.82, 2.24) is 4.90 Å². The highest BCUT2D eigenvalue weighted by Crippen LogP contribution is 2.34. The van der Waals surface area contributed by atoms with E-state index < -0.39 is 16.7 Å². The molecule has 1 aromatic heterocycles. The molecule has 10 heteroatoms. The second-order valence-corrected chi connectivity index (χ2v) is 5.86. The van der Waals surface area contributed by atoms with Gasteiger partial charge in [0, 0.05) is 24.8 Å². The van der Waals surface area contributed by atoms with Crippen LogP contribution >= 0.6 is 0 Å². The molecule has 0 unspecified atom stereocenters. The van der Waals surface area contributed by atoms with Crippen LogP contribution in [-0.4, -0.2) is 41.5 Å². The minimum Gasteiger partial charge on any atom is -0.454 e. The number of benzene rings is 1. The maximum atomic E-state index is 12.3. The maximum absolute atomic E-state index is 12.3. The van der Waals surface area contributed by atoms with Gasteiger partial charge in [0.05, 0.1) is 12.0 Å². The van der Waals surface area contributed by atoms with E-state index >= 15 is 0 Å². The number of ether oxygens (including phenoxy) is 2. The van der Waals surface area contributed by atoms with Gasteiger partial charge in [-0.15, -0.1) is 0 Å². The molecule has 2 aromatic rings. The molecule has 1 fully saturated rings. The summed E-state index contributed by atoms with van der Waals surface area (Å²) in [5.74, 6) is -0.501. The van der Waals surface area contributed by atoms with Gasteiger partial charge in [0.1, 0.15) is 4.92 Å². The van der Waals surface area contributed by atoms with Crippen LogP contribution in [0, 0.1) is 16.0 Å². The Bertz CT molecular complexity index is 901. The highest BCUT2D eigenvalue weighted by Gasteiger charge is 2.37. The van der Waals surface area contributed by atoms with Crippen LogP contribution in [0.1, 0.15) is 10.6 Å². The Labute approximate surface area is 146 Å². The van der Waals surface area contributed by atoms with E-state index in [0.29, 0.717) is 17.2 Å². The first-order chi connectivity index (χ1) is 12.5. The Morgan fingerprint density at radius 1 is 1.15 bits per heavy atom. The second kappa shape index (κ2) is 6.06. The van der Waals surface area contributed by atoms with Crippen molar-refractivity contribution >= 4 is 23.4 Å². The number of anilines is 1. The standard InChI is InChI=1S/C16H13N3O7/c20-15(17-10-1-2-11-13(5-10)25-8-24-11)9-6-18(7-9)16(21)12-3-4-14(26-12)19(22)23/h1-5,9H,6-8H2,(H,17,20). The SMILES string of the molecule is O=C(Nc1ccc2c(c1)OCO2)C1CN(C(=O)c2ccc([N+](=O)[O-])o2)C1. The summed E-state index contributed by atoms with van der Waals surface area (Å²) in [7, 11) is 0. The predicted molar refractivity (Wildman–Crippen MR) is 86.0 cm³/mol. The highest BCUT2D eigenvalue weighted by molar-refractivity contribution is 5.97. The summed E-state index contributed by atoms with van der Waals surface area (Å²) in [5, 5.41) is 13.4. The zero-order valence-electron chi connectivity index (χ0n) is 13.3. The number of carbonyl (C=O) groups excluding carboxylic acids is 2. The lowest BCUT2D eigenvalue weighted by molar-refractivity contribution is -0.402. The summed E-state index contributed by atoms with van der Waals surface area (Å²) in [6.07, 6.45) is 0. The van der Waals surface area contributed by atoms with E-state index in [4.69, 9.17) is 13.9 Å². The molecule has 0 aliphatic carbocycles. The van der Waals surface area contributed by atoms with E-state index in [0.717, 1.165) is 6.07 Å².